The molecule has 0 aromatic carbocycles. The number of pyridine rings is 1. The predicted molar refractivity (Wildman–Crippen MR) is 128 cm³/mol. The van der Waals surface area contributed by atoms with E-state index in [1.165, 1.54) is 23.6 Å². The fourth-order valence-corrected chi connectivity index (χ4v) is 5.46. The summed E-state index contributed by atoms with van der Waals surface area (Å²) in [6, 6.07) is 1.38. The average Bonchev–Trinajstić information content (AvgIpc) is 3.50. The zero-order valence-corrected chi connectivity index (χ0v) is 19.8. The number of alkyl halides is 3. The lowest BCUT2D eigenvalue weighted by Crippen LogP contribution is -2.15. The molecule has 1 unspecified atom stereocenters. The molecule has 4 rings (SSSR count). The first-order chi connectivity index (χ1) is 14.9. The maximum absolute atomic E-state index is 13.3. The van der Waals surface area contributed by atoms with E-state index in [0.717, 1.165) is 18.4 Å². The normalized spacial score (nSPS) is 18.3. The lowest BCUT2D eigenvalue weighted by atomic mass is 9.97. The van der Waals surface area contributed by atoms with Gasteiger partial charge in [0, 0.05) is 27.2 Å². The molecule has 1 atom stereocenters. The van der Waals surface area contributed by atoms with Gasteiger partial charge in [-0.25, -0.2) is 8.78 Å². The van der Waals surface area contributed by atoms with Crippen LogP contribution in [0.3, 0.4) is 0 Å². The third-order valence-electron chi connectivity index (χ3n) is 4.68. The van der Waals surface area contributed by atoms with Crippen molar-refractivity contribution in [2.75, 3.05) is 5.32 Å². The van der Waals surface area contributed by atoms with Crippen molar-refractivity contribution in [2.45, 2.75) is 37.0 Å². The maximum Gasteiger partial charge on any atom is 0.280 e. The van der Waals surface area contributed by atoms with Crippen molar-refractivity contribution < 1.29 is 13.6 Å². The molecular weight excluding hydrogens is 533 g/mol. The van der Waals surface area contributed by atoms with E-state index in [9.17, 15) is 13.6 Å². The van der Waals surface area contributed by atoms with Crippen molar-refractivity contribution in [1.82, 2.24) is 15.2 Å². The predicted octanol–water partition coefficient (Wildman–Crippen LogP) is 5.06. The largest absolute Gasteiger partial charge is 0.296 e. The van der Waals surface area contributed by atoms with E-state index in [4.69, 9.17) is 0 Å². The first kappa shape index (κ1) is 21.9. The SMILES string of the molecule is Cc1cnc(C(F)F)cc1C1=C(C(=O)Nc2nnc(C#CC3CC3)s2)C=CC(C)I=C1. The maximum atomic E-state index is 13.3. The molecular formula is C22H19F2IN4OS. The average molecular weight is 552 g/mol. The minimum Gasteiger partial charge on any atom is -0.296 e. The fraction of sp³-hybridized carbons (Fsp3) is 0.318. The highest BCUT2D eigenvalue weighted by Gasteiger charge is 2.21. The summed E-state index contributed by atoms with van der Waals surface area (Å²) in [5.41, 5.74) is 2.11. The van der Waals surface area contributed by atoms with Crippen molar-refractivity contribution in [2.24, 2.45) is 5.92 Å². The van der Waals surface area contributed by atoms with Gasteiger partial charge in [0.2, 0.25) is 5.13 Å². The van der Waals surface area contributed by atoms with Crippen molar-refractivity contribution in [1.29, 1.82) is 0 Å². The molecule has 5 nitrogen and oxygen atoms in total. The Morgan fingerprint density at radius 3 is 2.90 bits per heavy atom. The number of nitrogens with zero attached hydrogens (tertiary/aromatic N) is 3. The van der Waals surface area contributed by atoms with Crippen LogP contribution in [-0.2, 0) is 4.79 Å². The van der Waals surface area contributed by atoms with Crippen LogP contribution in [0.4, 0.5) is 13.9 Å². The highest BCUT2D eigenvalue weighted by atomic mass is 127. The Hall–Kier alpha value is -2.32. The van der Waals surface area contributed by atoms with Crippen LogP contribution in [0.15, 0.2) is 30.0 Å². The highest BCUT2D eigenvalue weighted by Crippen LogP contribution is 2.31. The highest BCUT2D eigenvalue weighted by molar-refractivity contribution is 14.2. The Morgan fingerprint density at radius 1 is 1.35 bits per heavy atom. The number of aryl methyl sites for hydroxylation is 1. The minimum atomic E-state index is -2.68. The van der Waals surface area contributed by atoms with Gasteiger partial charge < -0.3 is 0 Å². The van der Waals surface area contributed by atoms with Crippen molar-refractivity contribution in [3.63, 3.8) is 0 Å². The molecule has 3 heterocycles. The minimum absolute atomic E-state index is 0.302. The van der Waals surface area contributed by atoms with Crippen LogP contribution in [0.1, 0.15) is 48.0 Å². The summed E-state index contributed by atoms with van der Waals surface area (Å²) in [5.74, 6) is 6.21. The number of carbonyl (C=O) groups is 1. The first-order valence-corrected chi connectivity index (χ1v) is 13.0. The van der Waals surface area contributed by atoms with E-state index in [-0.39, 0.29) is 11.6 Å². The third kappa shape index (κ3) is 5.49. The summed E-state index contributed by atoms with van der Waals surface area (Å²) in [7, 11) is 0. The molecule has 1 aliphatic carbocycles. The molecule has 2 aromatic rings. The Balaban J connectivity index is 1.67. The zero-order valence-electron chi connectivity index (χ0n) is 16.8. The van der Waals surface area contributed by atoms with Crippen molar-refractivity contribution >= 4 is 52.7 Å². The van der Waals surface area contributed by atoms with E-state index < -0.39 is 27.2 Å². The van der Waals surface area contributed by atoms with E-state index >= 15 is 0 Å². The lowest BCUT2D eigenvalue weighted by Gasteiger charge is -2.12. The van der Waals surface area contributed by atoms with Crippen LogP contribution in [-0.4, -0.2) is 29.0 Å². The van der Waals surface area contributed by atoms with E-state index in [2.05, 4.69) is 39.3 Å². The Bertz CT molecular complexity index is 1170. The molecule has 0 radical (unpaired) electrons. The van der Waals surface area contributed by atoms with Gasteiger partial charge in [-0.3, -0.25) is 15.1 Å². The number of anilines is 1. The van der Waals surface area contributed by atoms with Crippen LogP contribution in [0.25, 0.3) is 5.57 Å². The van der Waals surface area contributed by atoms with Crippen LogP contribution in [0.2, 0.25) is 0 Å². The molecule has 1 amide bonds. The summed E-state index contributed by atoms with van der Waals surface area (Å²) in [6.07, 6.45) is 4.76. The number of halogens is 3. The van der Waals surface area contributed by atoms with Crippen molar-refractivity contribution in [3.05, 3.63) is 51.8 Å². The molecule has 0 spiro atoms. The van der Waals surface area contributed by atoms with E-state index in [1.807, 2.05) is 10.1 Å². The van der Waals surface area contributed by atoms with Gasteiger partial charge in [-0.1, -0.05) is 36.3 Å². The van der Waals surface area contributed by atoms with Crippen LogP contribution < -0.4 is 5.32 Å². The summed E-state index contributed by atoms with van der Waals surface area (Å²) < 4.78 is 28.9. The molecule has 0 saturated heterocycles. The number of aromatic nitrogens is 3. The number of hydrogen-bond donors (Lipinski definition) is 1. The number of carbonyl (C=O) groups excluding carboxylic acids is 1. The summed E-state index contributed by atoms with van der Waals surface area (Å²) >= 11 is 0.824. The van der Waals surface area contributed by atoms with Gasteiger partial charge in [-0.15, -0.1) is 30.9 Å². The topological polar surface area (TPSA) is 67.8 Å². The van der Waals surface area contributed by atoms with Gasteiger partial charge in [0.15, 0.2) is 5.01 Å². The van der Waals surface area contributed by atoms with Crippen LogP contribution in [0, 0.1) is 24.7 Å². The summed E-state index contributed by atoms with van der Waals surface area (Å²) in [6.45, 7) is 3.89. The number of allylic oxidation sites excluding steroid dienone is 2. The molecule has 1 N–H and O–H groups in total. The Labute approximate surface area is 192 Å². The Kier molecular flexibility index (Phi) is 6.67. The van der Waals surface area contributed by atoms with Crippen LogP contribution in [0.5, 0.6) is 0 Å². The van der Waals surface area contributed by atoms with E-state index in [0.29, 0.717) is 36.7 Å². The van der Waals surface area contributed by atoms with Crippen LogP contribution >= 0.6 is 32.1 Å². The molecule has 2 aromatic heterocycles. The molecule has 2 aliphatic rings. The molecule has 1 fully saturated rings. The molecule has 9 heteroatoms. The third-order valence-corrected chi connectivity index (χ3v) is 7.96. The fourth-order valence-electron chi connectivity index (χ4n) is 2.81. The second-order valence-electron chi connectivity index (χ2n) is 7.23. The van der Waals surface area contributed by atoms with Gasteiger partial charge >= 0.3 is 0 Å². The standard InChI is InChI=1S/C22H19F2IN4OS/c1-12-11-26-18(20(23)24)9-16(12)17-10-25-13(2)3-7-15(17)21(30)27-22-29-28-19(31-22)8-6-14-4-5-14/h3,7,9-11,13-14,20H,4-5H2,1-2H3,(H,27,29,30). The van der Waals surface area contributed by atoms with Gasteiger partial charge in [0.1, 0.15) is 5.69 Å². The van der Waals surface area contributed by atoms with Gasteiger partial charge in [0.25, 0.3) is 12.3 Å². The van der Waals surface area contributed by atoms with Crippen molar-refractivity contribution in [3.8, 4) is 11.8 Å². The molecule has 1 aliphatic heterocycles. The number of nitrogens with one attached hydrogen (secondary N) is 1. The monoisotopic (exact) mass is 552 g/mol. The number of amides is 1. The second kappa shape index (κ2) is 9.44. The quantitative estimate of drug-likeness (QED) is 0.327. The summed E-state index contributed by atoms with van der Waals surface area (Å²) in [5, 5.41) is 11.7. The van der Waals surface area contributed by atoms with Gasteiger partial charge in [-0.2, -0.15) is 0 Å². The smallest absolute Gasteiger partial charge is 0.280 e. The molecule has 31 heavy (non-hydrogen) atoms. The molecule has 160 valence electrons. The Morgan fingerprint density at radius 2 is 2.16 bits per heavy atom. The zero-order chi connectivity index (χ0) is 22.0. The number of hydrogen-bond acceptors (Lipinski definition) is 5. The summed E-state index contributed by atoms with van der Waals surface area (Å²) in [4.78, 5) is 17.0. The van der Waals surface area contributed by atoms with Gasteiger partial charge in [0.05, 0.1) is 0 Å². The lowest BCUT2D eigenvalue weighted by molar-refractivity contribution is -0.112. The van der Waals surface area contributed by atoms with E-state index in [1.54, 1.807) is 13.0 Å². The second-order valence-corrected chi connectivity index (χ2v) is 11.5. The first-order valence-electron chi connectivity index (χ1n) is 9.70. The molecule has 1 saturated carbocycles. The number of rotatable bonds is 4. The molecule has 0 bridgehead atoms. The van der Waals surface area contributed by atoms with Gasteiger partial charge in [-0.05, 0) is 46.9 Å².